The number of hydrogen-bond acceptors (Lipinski definition) is 3. The number of sulfone groups is 1. The summed E-state index contributed by atoms with van der Waals surface area (Å²) in [6.45, 7) is 2.08. The molecular weight excluding hydrogens is 442 g/mol. The van der Waals surface area contributed by atoms with Gasteiger partial charge in [-0.3, -0.25) is 0 Å². The normalized spacial score (nSPS) is 11.6. The highest BCUT2D eigenvalue weighted by Crippen LogP contribution is 2.40. The second-order valence-corrected chi connectivity index (χ2v) is 10.9. The summed E-state index contributed by atoms with van der Waals surface area (Å²) in [5.74, 6) is 0. The summed E-state index contributed by atoms with van der Waals surface area (Å²) in [5.41, 5.74) is 1.32. The zero-order valence-corrected chi connectivity index (χ0v) is 17.1. The molecular formula is C14H11Cl5O2S2. The summed E-state index contributed by atoms with van der Waals surface area (Å²) in [4.78, 5) is -0.257. The SMILES string of the molecule is Cc1ccccc1.O=S(=O)(c1cc(Cl)c(Cl)c(Cl)c1)C(S)(Cl)Cl. The van der Waals surface area contributed by atoms with Crippen molar-refractivity contribution in [2.45, 2.75) is 14.8 Å². The van der Waals surface area contributed by atoms with Crippen molar-refractivity contribution in [3.8, 4) is 0 Å². The van der Waals surface area contributed by atoms with Gasteiger partial charge < -0.3 is 0 Å². The Balaban J connectivity index is 0.000000313. The maximum Gasteiger partial charge on any atom is 0.266 e. The molecule has 0 aliphatic heterocycles. The second-order valence-electron chi connectivity index (χ2n) is 4.35. The molecule has 2 aromatic rings. The minimum Gasteiger partial charge on any atom is -0.220 e. The van der Waals surface area contributed by atoms with Crippen LogP contribution in [-0.4, -0.2) is 11.4 Å². The first-order valence-corrected chi connectivity index (χ1v) is 9.80. The van der Waals surface area contributed by atoms with Gasteiger partial charge in [0.05, 0.1) is 20.0 Å². The second kappa shape index (κ2) is 8.52. The molecule has 126 valence electrons. The van der Waals surface area contributed by atoms with E-state index in [9.17, 15) is 8.42 Å². The van der Waals surface area contributed by atoms with Gasteiger partial charge in [-0.25, -0.2) is 8.42 Å². The van der Waals surface area contributed by atoms with Crippen LogP contribution in [0.25, 0.3) is 0 Å². The zero-order chi connectivity index (χ0) is 17.8. The highest BCUT2D eigenvalue weighted by atomic mass is 35.5. The summed E-state index contributed by atoms with van der Waals surface area (Å²) in [6.07, 6.45) is 0. The molecule has 0 spiro atoms. The molecule has 0 atom stereocenters. The molecule has 0 saturated heterocycles. The highest BCUT2D eigenvalue weighted by molar-refractivity contribution is 8.10. The van der Waals surface area contributed by atoms with Crippen LogP contribution in [0.15, 0.2) is 47.4 Å². The number of thiol groups is 1. The molecule has 0 aromatic heterocycles. The van der Waals surface area contributed by atoms with E-state index < -0.39 is 12.8 Å². The van der Waals surface area contributed by atoms with Crippen LogP contribution in [0.1, 0.15) is 5.56 Å². The predicted octanol–water partition coefficient (Wildman–Crippen LogP) is 6.43. The molecule has 0 aliphatic rings. The minimum atomic E-state index is -4.07. The lowest BCUT2D eigenvalue weighted by Gasteiger charge is -2.14. The molecule has 0 fully saturated rings. The van der Waals surface area contributed by atoms with E-state index in [1.807, 2.05) is 18.2 Å². The van der Waals surface area contributed by atoms with Crippen LogP contribution in [-0.2, 0) is 9.84 Å². The van der Waals surface area contributed by atoms with Crippen molar-refractivity contribution in [1.29, 1.82) is 0 Å². The molecule has 0 heterocycles. The monoisotopic (exact) mass is 450 g/mol. The summed E-state index contributed by atoms with van der Waals surface area (Å²) < 4.78 is 21.3. The Morgan fingerprint density at radius 3 is 1.70 bits per heavy atom. The quantitative estimate of drug-likeness (QED) is 0.323. The number of hydrogen-bond donors (Lipinski definition) is 1. The van der Waals surface area contributed by atoms with E-state index in [4.69, 9.17) is 58.0 Å². The molecule has 23 heavy (non-hydrogen) atoms. The van der Waals surface area contributed by atoms with Gasteiger partial charge in [-0.15, -0.1) is 12.6 Å². The number of rotatable bonds is 2. The van der Waals surface area contributed by atoms with Crippen LogP contribution in [0.2, 0.25) is 15.1 Å². The van der Waals surface area contributed by atoms with E-state index in [0.29, 0.717) is 0 Å². The predicted molar refractivity (Wildman–Crippen MR) is 103 cm³/mol. The third-order valence-electron chi connectivity index (χ3n) is 2.53. The van der Waals surface area contributed by atoms with Crippen molar-refractivity contribution in [3.63, 3.8) is 0 Å². The molecule has 0 amide bonds. The maximum atomic E-state index is 11.8. The minimum absolute atomic E-state index is 0.0151. The molecule has 2 rings (SSSR count). The zero-order valence-electron chi connectivity index (χ0n) is 11.6. The van der Waals surface area contributed by atoms with Gasteiger partial charge in [-0.1, -0.05) is 93.9 Å². The first-order valence-electron chi connectivity index (χ1n) is 5.98. The molecule has 0 saturated carbocycles. The average Bonchev–Trinajstić information content (AvgIpc) is 2.44. The van der Waals surface area contributed by atoms with Crippen molar-refractivity contribution in [2.24, 2.45) is 0 Å². The van der Waals surface area contributed by atoms with Crippen molar-refractivity contribution in [2.75, 3.05) is 0 Å². The third kappa shape index (κ3) is 5.89. The average molecular weight is 453 g/mol. The van der Waals surface area contributed by atoms with Gasteiger partial charge in [0.2, 0.25) is 9.84 Å². The lowest BCUT2D eigenvalue weighted by Crippen LogP contribution is -2.19. The van der Waals surface area contributed by atoms with Gasteiger partial charge in [0, 0.05) is 0 Å². The Morgan fingerprint density at radius 2 is 1.39 bits per heavy atom. The summed E-state index contributed by atoms with van der Waals surface area (Å²) in [7, 11) is -4.07. The lowest BCUT2D eigenvalue weighted by molar-refractivity contribution is 0.597. The molecule has 9 heteroatoms. The van der Waals surface area contributed by atoms with E-state index in [-0.39, 0.29) is 20.0 Å². The highest BCUT2D eigenvalue weighted by Gasteiger charge is 2.38. The van der Waals surface area contributed by atoms with Crippen LogP contribution in [0.4, 0.5) is 0 Å². The van der Waals surface area contributed by atoms with Gasteiger partial charge in [0.15, 0.2) is 0 Å². The maximum absolute atomic E-state index is 11.8. The Hall–Kier alpha value is 0.190. The van der Waals surface area contributed by atoms with Gasteiger partial charge in [0.25, 0.3) is 3.00 Å². The molecule has 2 aromatic carbocycles. The van der Waals surface area contributed by atoms with Gasteiger partial charge in [0.1, 0.15) is 0 Å². The number of benzene rings is 2. The number of halogens is 5. The fourth-order valence-electron chi connectivity index (χ4n) is 1.36. The molecule has 0 N–H and O–H groups in total. The van der Waals surface area contributed by atoms with Crippen molar-refractivity contribution >= 4 is 80.5 Å². The molecule has 0 unspecified atom stereocenters. The molecule has 0 radical (unpaired) electrons. The summed E-state index contributed by atoms with van der Waals surface area (Å²) >= 11 is 31.5. The van der Waals surface area contributed by atoms with Crippen molar-refractivity contribution in [1.82, 2.24) is 0 Å². The van der Waals surface area contributed by atoms with Crippen LogP contribution >= 0.6 is 70.6 Å². The van der Waals surface area contributed by atoms with Gasteiger partial charge in [-0.2, -0.15) is 0 Å². The van der Waals surface area contributed by atoms with Gasteiger partial charge >= 0.3 is 0 Å². The largest absolute Gasteiger partial charge is 0.266 e. The summed E-state index contributed by atoms with van der Waals surface area (Å²) in [6, 6.07) is 12.5. The molecule has 2 nitrogen and oxygen atoms in total. The van der Waals surface area contributed by atoms with Gasteiger partial charge in [-0.05, 0) is 19.1 Å². The number of aryl methyl sites for hydroxylation is 1. The van der Waals surface area contributed by atoms with Crippen LogP contribution in [0.3, 0.4) is 0 Å². The summed E-state index contributed by atoms with van der Waals surface area (Å²) in [5, 5.41) is 0.0218. The standard InChI is InChI=1S/C7H3Cl5O2S2.C7H8/c8-4-1-3(2-5(9)6(4)10)16(13,14)7(11,12)15;1-7-5-3-2-4-6-7/h1-2,15H;2-6H,1H3. The fourth-order valence-corrected chi connectivity index (χ4v) is 3.77. The molecule has 0 bridgehead atoms. The Kier molecular flexibility index (Phi) is 7.87. The van der Waals surface area contributed by atoms with E-state index >= 15 is 0 Å². The van der Waals surface area contributed by atoms with Crippen LogP contribution in [0.5, 0.6) is 0 Å². The van der Waals surface area contributed by atoms with E-state index in [1.165, 1.54) is 5.56 Å². The van der Waals surface area contributed by atoms with E-state index in [0.717, 1.165) is 12.1 Å². The first-order chi connectivity index (χ1) is 10.5. The Labute approximate surface area is 166 Å². The van der Waals surface area contributed by atoms with Crippen molar-refractivity contribution < 1.29 is 8.42 Å². The van der Waals surface area contributed by atoms with E-state index in [2.05, 4.69) is 31.7 Å². The van der Waals surface area contributed by atoms with Crippen LogP contribution < -0.4 is 0 Å². The third-order valence-corrected chi connectivity index (χ3v) is 7.17. The molecule has 0 aliphatic carbocycles. The Morgan fingerprint density at radius 1 is 0.957 bits per heavy atom. The fraction of sp³-hybridized carbons (Fsp3) is 0.143. The topological polar surface area (TPSA) is 34.1 Å². The van der Waals surface area contributed by atoms with Crippen LogP contribution in [0, 0.1) is 6.92 Å². The smallest absolute Gasteiger partial charge is 0.220 e. The lowest BCUT2D eigenvalue weighted by atomic mass is 10.2. The van der Waals surface area contributed by atoms with Crippen molar-refractivity contribution in [3.05, 3.63) is 63.1 Å². The number of alkyl halides is 2. The first kappa shape index (κ1) is 21.2. The van der Waals surface area contributed by atoms with E-state index in [1.54, 1.807) is 0 Å². The Bertz CT molecular complexity index is 748.